The van der Waals surface area contributed by atoms with E-state index < -0.39 is 0 Å². The molecule has 94 valence electrons. The van der Waals surface area contributed by atoms with Crippen molar-refractivity contribution >= 4 is 17.1 Å². The highest BCUT2D eigenvalue weighted by atomic mass is 32.1. The molecule has 0 aliphatic carbocycles. The van der Waals surface area contributed by atoms with E-state index in [4.69, 9.17) is 4.74 Å². The Morgan fingerprint density at radius 2 is 1.89 bits per heavy atom. The third kappa shape index (κ3) is 3.13. The van der Waals surface area contributed by atoms with Gasteiger partial charge >= 0.3 is 0 Å². The Hall–Kier alpha value is -1.75. The van der Waals surface area contributed by atoms with E-state index in [1.54, 1.807) is 42.5 Å². The summed E-state index contributed by atoms with van der Waals surface area (Å²) >= 11 is 1.56. The highest BCUT2D eigenvalue weighted by molar-refractivity contribution is 7.11. The molecule has 0 radical (unpaired) electrons. The van der Waals surface area contributed by atoms with Gasteiger partial charge in [0.15, 0.2) is 10.8 Å². The molecule has 2 rings (SSSR count). The van der Waals surface area contributed by atoms with Gasteiger partial charge in [0, 0.05) is 5.56 Å². The first kappa shape index (κ1) is 12.7. The summed E-state index contributed by atoms with van der Waals surface area (Å²) in [5.41, 5.74) is 0.687. The van der Waals surface area contributed by atoms with E-state index in [-0.39, 0.29) is 5.78 Å². The number of ether oxygens (including phenoxy) is 1. The van der Waals surface area contributed by atoms with Crippen molar-refractivity contribution in [2.75, 3.05) is 0 Å². The molecule has 0 aliphatic rings. The van der Waals surface area contributed by atoms with Crippen molar-refractivity contribution in [1.82, 2.24) is 10.2 Å². The van der Waals surface area contributed by atoms with Crippen molar-refractivity contribution < 1.29 is 9.53 Å². The molecule has 0 N–H and O–H groups in total. The SMILES string of the molecule is CCc1nnc(COc2ccc(C(C)=O)cc2)s1. The molecule has 0 amide bonds. The molecular weight excluding hydrogens is 248 g/mol. The number of Topliss-reactive ketones (excluding diaryl/α,β-unsaturated/α-hetero) is 1. The number of carbonyl (C=O) groups is 1. The van der Waals surface area contributed by atoms with Crippen LogP contribution in [0.25, 0.3) is 0 Å². The smallest absolute Gasteiger partial charge is 0.159 e. The minimum absolute atomic E-state index is 0.0539. The molecule has 1 aromatic carbocycles. The molecule has 4 nitrogen and oxygen atoms in total. The van der Waals surface area contributed by atoms with Crippen LogP contribution in [-0.4, -0.2) is 16.0 Å². The van der Waals surface area contributed by atoms with Crippen LogP contribution < -0.4 is 4.74 Å². The van der Waals surface area contributed by atoms with Gasteiger partial charge in [-0.25, -0.2) is 0 Å². The fraction of sp³-hybridized carbons (Fsp3) is 0.308. The molecule has 5 heteroatoms. The number of hydrogen-bond acceptors (Lipinski definition) is 5. The number of rotatable bonds is 5. The van der Waals surface area contributed by atoms with Gasteiger partial charge in [0.2, 0.25) is 0 Å². The minimum Gasteiger partial charge on any atom is -0.486 e. The Balaban J connectivity index is 1.95. The van der Waals surface area contributed by atoms with Gasteiger partial charge in [0.25, 0.3) is 0 Å². The van der Waals surface area contributed by atoms with Crippen molar-refractivity contribution in [3.63, 3.8) is 0 Å². The number of aromatic nitrogens is 2. The molecule has 2 aromatic rings. The predicted molar refractivity (Wildman–Crippen MR) is 70.1 cm³/mol. The average molecular weight is 262 g/mol. The lowest BCUT2D eigenvalue weighted by Gasteiger charge is -2.03. The van der Waals surface area contributed by atoms with E-state index >= 15 is 0 Å². The fourth-order valence-electron chi connectivity index (χ4n) is 1.42. The largest absolute Gasteiger partial charge is 0.486 e. The predicted octanol–water partition coefficient (Wildman–Crippen LogP) is 2.88. The monoisotopic (exact) mass is 262 g/mol. The zero-order chi connectivity index (χ0) is 13.0. The molecule has 0 spiro atoms. The van der Waals surface area contributed by atoms with Gasteiger partial charge in [-0.2, -0.15) is 0 Å². The summed E-state index contributed by atoms with van der Waals surface area (Å²) in [4.78, 5) is 11.1. The van der Waals surface area contributed by atoms with Crippen LogP contribution in [0, 0.1) is 0 Å². The van der Waals surface area contributed by atoms with Crippen LogP contribution in [0.1, 0.15) is 34.2 Å². The molecular formula is C13H14N2O2S. The molecule has 0 atom stereocenters. The number of hydrogen-bond donors (Lipinski definition) is 0. The van der Waals surface area contributed by atoms with E-state index in [2.05, 4.69) is 10.2 Å². The lowest BCUT2D eigenvalue weighted by molar-refractivity contribution is 0.101. The zero-order valence-electron chi connectivity index (χ0n) is 10.3. The normalized spacial score (nSPS) is 10.3. The maximum absolute atomic E-state index is 11.1. The summed E-state index contributed by atoms with van der Waals surface area (Å²) in [6.07, 6.45) is 0.894. The van der Waals surface area contributed by atoms with Gasteiger partial charge in [-0.3, -0.25) is 4.79 Å². The number of ketones is 1. The maximum atomic E-state index is 11.1. The molecule has 0 saturated carbocycles. The van der Waals surface area contributed by atoms with E-state index in [1.807, 2.05) is 6.92 Å². The van der Waals surface area contributed by atoms with Crippen molar-refractivity contribution in [1.29, 1.82) is 0 Å². The van der Waals surface area contributed by atoms with Crippen LogP contribution in [0.2, 0.25) is 0 Å². The Morgan fingerprint density at radius 1 is 1.22 bits per heavy atom. The van der Waals surface area contributed by atoms with Crippen molar-refractivity contribution in [3.8, 4) is 5.75 Å². The van der Waals surface area contributed by atoms with E-state index in [9.17, 15) is 4.79 Å². The Kier molecular flexibility index (Phi) is 4.04. The van der Waals surface area contributed by atoms with Crippen LogP contribution in [0.3, 0.4) is 0 Å². The van der Waals surface area contributed by atoms with E-state index in [1.165, 1.54) is 0 Å². The van der Waals surface area contributed by atoms with Crippen LogP contribution in [0.15, 0.2) is 24.3 Å². The lowest BCUT2D eigenvalue weighted by atomic mass is 10.1. The summed E-state index contributed by atoms with van der Waals surface area (Å²) in [5, 5.41) is 9.94. The van der Waals surface area contributed by atoms with Gasteiger partial charge in [-0.05, 0) is 37.6 Å². The maximum Gasteiger partial charge on any atom is 0.159 e. The molecule has 0 bridgehead atoms. The number of nitrogens with zero attached hydrogens (tertiary/aromatic N) is 2. The average Bonchev–Trinajstić information content (AvgIpc) is 2.85. The number of aryl methyl sites for hydroxylation is 1. The van der Waals surface area contributed by atoms with Crippen LogP contribution in [-0.2, 0) is 13.0 Å². The second kappa shape index (κ2) is 5.73. The standard InChI is InChI=1S/C13H14N2O2S/c1-3-12-14-15-13(18-12)8-17-11-6-4-10(5-7-11)9(2)16/h4-7H,3,8H2,1-2H3. The van der Waals surface area contributed by atoms with Crippen LogP contribution >= 0.6 is 11.3 Å². The minimum atomic E-state index is 0.0539. The molecule has 0 unspecified atom stereocenters. The van der Waals surface area contributed by atoms with Gasteiger partial charge in [-0.15, -0.1) is 10.2 Å². The third-order valence-corrected chi connectivity index (χ3v) is 3.48. The van der Waals surface area contributed by atoms with Gasteiger partial charge < -0.3 is 4.74 Å². The summed E-state index contributed by atoms with van der Waals surface area (Å²) in [6, 6.07) is 7.10. The Labute approximate surface area is 110 Å². The highest BCUT2D eigenvalue weighted by Crippen LogP contribution is 2.16. The molecule has 0 aliphatic heterocycles. The zero-order valence-corrected chi connectivity index (χ0v) is 11.2. The molecule has 1 aromatic heterocycles. The summed E-state index contributed by atoms with van der Waals surface area (Å²) in [5.74, 6) is 0.784. The van der Waals surface area contributed by atoms with Gasteiger partial charge in [0.1, 0.15) is 17.4 Å². The van der Waals surface area contributed by atoms with Gasteiger partial charge in [0.05, 0.1) is 0 Å². The third-order valence-electron chi connectivity index (χ3n) is 2.43. The van der Waals surface area contributed by atoms with Crippen molar-refractivity contribution in [3.05, 3.63) is 39.8 Å². The summed E-state index contributed by atoms with van der Waals surface area (Å²) in [7, 11) is 0. The quantitative estimate of drug-likeness (QED) is 0.777. The second-order valence-electron chi connectivity index (χ2n) is 3.81. The fourth-order valence-corrected chi connectivity index (χ4v) is 2.12. The molecule has 18 heavy (non-hydrogen) atoms. The first-order valence-corrected chi connectivity index (χ1v) is 6.55. The highest BCUT2D eigenvalue weighted by Gasteiger charge is 2.04. The number of benzene rings is 1. The molecule has 1 heterocycles. The van der Waals surface area contributed by atoms with E-state index in [0.29, 0.717) is 12.2 Å². The van der Waals surface area contributed by atoms with Crippen LogP contribution in [0.4, 0.5) is 0 Å². The van der Waals surface area contributed by atoms with Gasteiger partial charge in [-0.1, -0.05) is 18.3 Å². The first-order valence-electron chi connectivity index (χ1n) is 5.74. The lowest BCUT2D eigenvalue weighted by Crippen LogP contribution is -1.96. The molecule has 0 fully saturated rings. The Bertz CT molecular complexity index is 534. The Morgan fingerprint density at radius 3 is 2.44 bits per heavy atom. The summed E-state index contributed by atoms with van der Waals surface area (Å²) in [6.45, 7) is 4.01. The first-order chi connectivity index (χ1) is 8.69. The van der Waals surface area contributed by atoms with E-state index in [0.717, 1.165) is 22.2 Å². The van der Waals surface area contributed by atoms with Crippen LogP contribution in [0.5, 0.6) is 5.75 Å². The second-order valence-corrected chi connectivity index (χ2v) is 4.96. The summed E-state index contributed by atoms with van der Waals surface area (Å²) < 4.78 is 5.58. The molecule has 0 saturated heterocycles. The van der Waals surface area contributed by atoms with Crippen molar-refractivity contribution in [2.24, 2.45) is 0 Å². The van der Waals surface area contributed by atoms with Crippen molar-refractivity contribution in [2.45, 2.75) is 26.9 Å². The number of carbonyl (C=O) groups excluding carboxylic acids is 1. The topological polar surface area (TPSA) is 52.1 Å².